The van der Waals surface area contributed by atoms with Gasteiger partial charge in [-0.3, -0.25) is 9.78 Å². The Balaban J connectivity index is 1.83. The van der Waals surface area contributed by atoms with Crippen LogP contribution in [0.3, 0.4) is 0 Å². The van der Waals surface area contributed by atoms with Gasteiger partial charge in [0.05, 0.1) is 5.69 Å². The van der Waals surface area contributed by atoms with Crippen molar-refractivity contribution in [2.45, 2.75) is 39.2 Å². The lowest BCUT2D eigenvalue weighted by Crippen LogP contribution is -2.31. The molecule has 1 amide bonds. The molecule has 0 saturated heterocycles. The largest absolute Gasteiger partial charge is 0.352 e. The number of carbonyl (C=O) groups excluding carboxylic acids is 1. The van der Waals surface area contributed by atoms with E-state index in [4.69, 9.17) is 5.73 Å². The smallest absolute Gasteiger partial charge is 0.251 e. The van der Waals surface area contributed by atoms with Crippen LogP contribution < -0.4 is 11.1 Å². The number of aromatic nitrogens is 1. The Kier molecular flexibility index (Phi) is 4.91. The van der Waals surface area contributed by atoms with E-state index >= 15 is 0 Å². The molecule has 1 aromatic heterocycles. The second-order valence-corrected chi connectivity index (χ2v) is 5.58. The van der Waals surface area contributed by atoms with E-state index in [9.17, 15) is 4.79 Å². The second kappa shape index (κ2) is 6.66. The summed E-state index contributed by atoms with van der Waals surface area (Å²) in [6.07, 6.45) is 6.66. The first-order valence-corrected chi connectivity index (χ1v) is 7.12. The van der Waals surface area contributed by atoms with Crippen LogP contribution in [0.2, 0.25) is 0 Å². The fraction of sp³-hybridized carbons (Fsp3) is 0.600. The van der Waals surface area contributed by atoms with Gasteiger partial charge in [0.15, 0.2) is 0 Å². The molecule has 3 N–H and O–H groups in total. The molecule has 1 aromatic rings. The molecule has 104 valence electrons. The van der Waals surface area contributed by atoms with Crippen LogP contribution in [0.5, 0.6) is 0 Å². The molecule has 4 nitrogen and oxygen atoms in total. The van der Waals surface area contributed by atoms with Crippen LogP contribution in [-0.4, -0.2) is 17.4 Å². The first-order chi connectivity index (χ1) is 9.19. The van der Waals surface area contributed by atoms with Gasteiger partial charge in [0.2, 0.25) is 0 Å². The number of hydrogen-bond acceptors (Lipinski definition) is 3. The highest BCUT2D eigenvalue weighted by Gasteiger charge is 2.18. The molecular weight excluding hydrogens is 238 g/mol. The third-order valence-electron chi connectivity index (χ3n) is 3.97. The Labute approximate surface area is 114 Å². The van der Waals surface area contributed by atoms with Crippen molar-refractivity contribution in [2.24, 2.45) is 17.6 Å². The fourth-order valence-electron chi connectivity index (χ4n) is 2.60. The molecule has 2 rings (SSSR count). The number of nitrogens with one attached hydrogen (secondary N) is 1. The average molecular weight is 261 g/mol. The number of nitrogens with two attached hydrogens (primary N) is 1. The van der Waals surface area contributed by atoms with E-state index in [1.165, 1.54) is 25.7 Å². The minimum Gasteiger partial charge on any atom is -0.352 e. The molecule has 1 heterocycles. The molecule has 0 aliphatic heterocycles. The zero-order valence-electron chi connectivity index (χ0n) is 11.6. The van der Waals surface area contributed by atoms with Gasteiger partial charge in [-0.2, -0.15) is 0 Å². The highest BCUT2D eigenvalue weighted by Crippen LogP contribution is 2.27. The van der Waals surface area contributed by atoms with Gasteiger partial charge >= 0.3 is 0 Å². The Bertz CT molecular complexity index is 425. The van der Waals surface area contributed by atoms with Gasteiger partial charge < -0.3 is 11.1 Å². The van der Waals surface area contributed by atoms with Gasteiger partial charge in [-0.25, -0.2) is 0 Å². The van der Waals surface area contributed by atoms with E-state index in [0.717, 1.165) is 18.2 Å². The molecule has 0 radical (unpaired) electrons. The highest BCUT2D eigenvalue weighted by molar-refractivity contribution is 5.94. The van der Waals surface area contributed by atoms with Gasteiger partial charge in [-0.05, 0) is 36.8 Å². The van der Waals surface area contributed by atoms with Crippen LogP contribution in [0, 0.1) is 11.8 Å². The molecule has 19 heavy (non-hydrogen) atoms. The number of amides is 1. The maximum Gasteiger partial charge on any atom is 0.251 e. The zero-order valence-corrected chi connectivity index (χ0v) is 11.6. The minimum absolute atomic E-state index is 0.0179. The summed E-state index contributed by atoms with van der Waals surface area (Å²) in [4.78, 5) is 16.1. The van der Waals surface area contributed by atoms with Crippen molar-refractivity contribution in [3.63, 3.8) is 0 Å². The van der Waals surface area contributed by atoms with Crippen molar-refractivity contribution in [2.75, 3.05) is 6.54 Å². The van der Waals surface area contributed by atoms with Gasteiger partial charge in [0.1, 0.15) is 0 Å². The van der Waals surface area contributed by atoms with Gasteiger partial charge in [-0.15, -0.1) is 0 Å². The quantitative estimate of drug-likeness (QED) is 0.872. The van der Waals surface area contributed by atoms with Crippen LogP contribution in [0.25, 0.3) is 0 Å². The maximum atomic E-state index is 12.0. The fourth-order valence-corrected chi connectivity index (χ4v) is 2.60. The van der Waals surface area contributed by atoms with Gasteiger partial charge in [0.25, 0.3) is 5.91 Å². The molecule has 1 fully saturated rings. The summed E-state index contributed by atoms with van der Waals surface area (Å²) >= 11 is 0. The van der Waals surface area contributed by atoms with E-state index in [1.54, 1.807) is 18.3 Å². The van der Waals surface area contributed by atoms with Crippen LogP contribution in [0.1, 0.15) is 48.7 Å². The topological polar surface area (TPSA) is 68.0 Å². The normalized spacial score (nSPS) is 23.1. The SMILES string of the molecule is CC1CCC(CNC(=O)c2ccnc(CN)c2)CC1. The molecule has 1 aliphatic carbocycles. The summed E-state index contributed by atoms with van der Waals surface area (Å²) < 4.78 is 0. The van der Waals surface area contributed by atoms with E-state index in [-0.39, 0.29) is 5.91 Å². The van der Waals surface area contributed by atoms with Crippen LogP contribution >= 0.6 is 0 Å². The average Bonchev–Trinajstić information content (AvgIpc) is 2.46. The first kappa shape index (κ1) is 14.0. The summed E-state index contributed by atoms with van der Waals surface area (Å²) in [5.41, 5.74) is 6.93. The number of hydrogen-bond donors (Lipinski definition) is 2. The number of nitrogens with zero attached hydrogens (tertiary/aromatic N) is 1. The summed E-state index contributed by atoms with van der Waals surface area (Å²) in [5.74, 6) is 1.46. The Hall–Kier alpha value is -1.42. The zero-order chi connectivity index (χ0) is 13.7. The Morgan fingerprint density at radius 3 is 2.84 bits per heavy atom. The van der Waals surface area contributed by atoms with E-state index in [0.29, 0.717) is 18.0 Å². The maximum absolute atomic E-state index is 12.0. The van der Waals surface area contributed by atoms with Crippen molar-refractivity contribution in [1.29, 1.82) is 0 Å². The lowest BCUT2D eigenvalue weighted by atomic mass is 9.83. The van der Waals surface area contributed by atoms with Crippen molar-refractivity contribution in [3.8, 4) is 0 Å². The first-order valence-electron chi connectivity index (χ1n) is 7.12. The van der Waals surface area contributed by atoms with Crippen LogP contribution in [0.15, 0.2) is 18.3 Å². The van der Waals surface area contributed by atoms with E-state index in [1.807, 2.05) is 0 Å². The van der Waals surface area contributed by atoms with Crippen molar-refractivity contribution in [3.05, 3.63) is 29.6 Å². The summed E-state index contributed by atoms with van der Waals surface area (Å²) in [6, 6.07) is 3.50. The van der Waals surface area contributed by atoms with E-state index in [2.05, 4.69) is 17.2 Å². The van der Waals surface area contributed by atoms with Gasteiger partial charge in [0, 0.05) is 24.8 Å². The van der Waals surface area contributed by atoms with Crippen molar-refractivity contribution in [1.82, 2.24) is 10.3 Å². The Morgan fingerprint density at radius 1 is 1.42 bits per heavy atom. The van der Waals surface area contributed by atoms with E-state index < -0.39 is 0 Å². The molecular formula is C15H23N3O. The molecule has 0 unspecified atom stereocenters. The molecule has 1 aliphatic rings. The van der Waals surface area contributed by atoms with Crippen LogP contribution in [0.4, 0.5) is 0 Å². The second-order valence-electron chi connectivity index (χ2n) is 5.58. The number of rotatable bonds is 4. The molecule has 0 aromatic carbocycles. The standard InChI is InChI=1S/C15H23N3O/c1-11-2-4-12(5-3-11)10-18-15(19)13-6-7-17-14(8-13)9-16/h6-8,11-12H,2-5,9-10,16H2,1H3,(H,18,19). The third-order valence-corrected chi connectivity index (χ3v) is 3.97. The number of carbonyl (C=O) groups is 1. The summed E-state index contributed by atoms with van der Waals surface area (Å²) in [5, 5.41) is 3.03. The van der Waals surface area contributed by atoms with Gasteiger partial charge in [-0.1, -0.05) is 19.8 Å². The molecule has 0 spiro atoms. The predicted molar refractivity (Wildman–Crippen MR) is 75.6 cm³/mol. The molecule has 4 heteroatoms. The minimum atomic E-state index is -0.0179. The lowest BCUT2D eigenvalue weighted by Gasteiger charge is -2.26. The number of pyridine rings is 1. The molecule has 0 bridgehead atoms. The summed E-state index contributed by atoms with van der Waals surface area (Å²) in [7, 11) is 0. The lowest BCUT2D eigenvalue weighted by molar-refractivity contribution is 0.0941. The highest BCUT2D eigenvalue weighted by atomic mass is 16.1. The van der Waals surface area contributed by atoms with Crippen molar-refractivity contribution >= 4 is 5.91 Å². The predicted octanol–water partition coefficient (Wildman–Crippen LogP) is 2.10. The van der Waals surface area contributed by atoms with Crippen LogP contribution in [-0.2, 0) is 6.54 Å². The third kappa shape index (κ3) is 4.03. The monoisotopic (exact) mass is 261 g/mol. The molecule has 1 saturated carbocycles. The molecule has 0 atom stereocenters. The Morgan fingerprint density at radius 2 is 2.16 bits per heavy atom. The van der Waals surface area contributed by atoms with Crippen molar-refractivity contribution < 1.29 is 4.79 Å². The summed E-state index contributed by atoms with van der Waals surface area (Å²) in [6.45, 7) is 3.45.